The van der Waals surface area contributed by atoms with Gasteiger partial charge in [-0.2, -0.15) is 0 Å². The Morgan fingerprint density at radius 3 is 2.82 bits per heavy atom. The summed E-state index contributed by atoms with van der Waals surface area (Å²) in [5.74, 6) is -0.402. The van der Waals surface area contributed by atoms with Gasteiger partial charge in [0.15, 0.2) is 0 Å². The third kappa shape index (κ3) is 2.53. The van der Waals surface area contributed by atoms with Crippen molar-refractivity contribution in [3.63, 3.8) is 0 Å². The van der Waals surface area contributed by atoms with Crippen LogP contribution in [0.2, 0.25) is 0 Å². The highest BCUT2D eigenvalue weighted by atomic mass is 19.1. The first-order valence-electron chi connectivity index (χ1n) is 5.17. The van der Waals surface area contributed by atoms with Crippen LogP contribution < -0.4 is 4.90 Å². The highest BCUT2D eigenvalue weighted by Crippen LogP contribution is 2.20. The zero-order chi connectivity index (χ0) is 12.3. The minimum Gasteiger partial charge on any atom is -0.472 e. The number of anilines is 1. The monoisotopic (exact) mass is 233 g/mol. The van der Waals surface area contributed by atoms with Crippen LogP contribution in [0.4, 0.5) is 10.1 Å². The van der Waals surface area contributed by atoms with Crippen LogP contribution >= 0.6 is 0 Å². The van der Waals surface area contributed by atoms with E-state index in [1.807, 2.05) is 6.07 Å². The third-order valence-electron chi connectivity index (χ3n) is 2.52. The molecule has 0 saturated carbocycles. The second-order valence-corrected chi connectivity index (χ2v) is 3.82. The average Bonchev–Trinajstić information content (AvgIpc) is 2.81. The van der Waals surface area contributed by atoms with Crippen molar-refractivity contribution in [1.82, 2.24) is 0 Å². The fourth-order valence-corrected chi connectivity index (χ4v) is 1.65. The van der Waals surface area contributed by atoms with Crippen LogP contribution in [0.25, 0.3) is 0 Å². The molecule has 0 saturated heterocycles. The Labute approximate surface area is 98.5 Å². The van der Waals surface area contributed by atoms with Crippen molar-refractivity contribution in [2.75, 3.05) is 11.9 Å². The fraction of sp³-hybridized carbons (Fsp3) is 0.154. The van der Waals surface area contributed by atoms with Gasteiger partial charge in [0.2, 0.25) is 0 Å². The van der Waals surface area contributed by atoms with E-state index >= 15 is 0 Å². The fourth-order valence-electron chi connectivity index (χ4n) is 1.65. The Kier molecular flexibility index (Phi) is 3.23. The second kappa shape index (κ2) is 4.82. The molecule has 4 heteroatoms. The number of carbonyl (C=O) groups excluding carboxylic acids is 1. The number of halogens is 1. The maximum Gasteiger partial charge on any atom is 0.150 e. The number of aldehydes is 1. The SMILES string of the molecule is CN(Cc1ccoc1)c1ccc(C=O)cc1F. The maximum absolute atomic E-state index is 13.7. The van der Waals surface area contributed by atoms with Crippen LogP contribution in [0, 0.1) is 5.82 Å². The number of hydrogen-bond donors (Lipinski definition) is 0. The highest BCUT2D eigenvalue weighted by molar-refractivity contribution is 5.75. The van der Waals surface area contributed by atoms with Crippen molar-refractivity contribution >= 4 is 12.0 Å². The van der Waals surface area contributed by atoms with E-state index in [2.05, 4.69) is 0 Å². The van der Waals surface area contributed by atoms with E-state index in [1.165, 1.54) is 6.07 Å². The third-order valence-corrected chi connectivity index (χ3v) is 2.52. The molecule has 0 radical (unpaired) electrons. The second-order valence-electron chi connectivity index (χ2n) is 3.82. The zero-order valence-corrected chi connectivity index (χ0v) is 9.39. The van der Waals surface area contributed by atoms with Gasteiger partial charge in [0.1, 0.15) is 12.1 Å². The molecule has 0 atom stereocenters. The molecule has 2 rings (SSSR count). The predicted octanol–water partition coefficient (Wildman–Crippen LogP) is 2.87. The van der Waals surface area contributed by atoms with Crippen LogP contribution in [0.15, 0.2) is 41.2 Å². The lowest BCUT2D eigenvalue weighted by molar-refractivity contribution is 0.112. The summed E-state index contributed by atoms with van der Waals surface area (Å²) in [4.78, 5) is 12.3. The molecule has 88 valence electrons. The Morgan fingerprint density at radius 1 is 1.41 bits per heavy atom. The van der Waals surface area contributed by atoms with Gasteiger partial charge >= 0.3 is 0 Å². The van der Waals surface area contributed by atoms with Crippen LogP contribution in [0.1, 0.15) is 15.9 Å². The Hall–Kier alpha value is -2.10. The van der Waals surface area contributed by atoms with E-state index in [0.717, 1.165) is 5.56 Å². The predicted molar refractivity (Wildman–Crippen MR) is 62.6 cm³/mol. The van der Waals surface area contributed by atoms with E-state index in [0.29, 0.717) is 24.1 Å². The molecule has 0 aliphatic rings. The molecular formula is C13H12FNO2. The minimum absolute atomic E-state index is 0.336. The number of hydrogen-bond acceptors (Lipinski definition) is 3. The maximum atomic E-state index is 13.7. The van der Waals surface area contributed by atoms with Gasteiger partial charge in [-0.1, -0.05) is 0 Å². The van der Waals surface area contributed by atoms with E-state index in [1.54, 1.807) is 36.6 Å². The molecule has 0 aliphatic carbocycles. The average molecular weight is 233 g/mol. The largest absolute Gasteiger partial charge is 0.472 e. The summed E-state index contributed by atoms with van der Waals surface area (Å²) in [6, 6.07) is 6.25. The van der Waals surface area contributed by atoms with E-state index in [4.69, 9.17) is 4.42 Å². The molecule has 0 aliphatic heterocycles. The summed E-state index contributed by atoms with van der Waals surface area (Å²) < 4.78 is 18.6. The van der Waals surface area contributed by atoms with Gasteiger partial charge in [-0.3, -0.25) is 4.79 Å². The summed E-state index contributed by atoms with van der Waals surface area (Å²) in [7, 11) is 1.78. The van der Waals surface area contributed by atoms with Crippen molar-refractivity contribution in [3.8, 4) is 0 Å². The number of carbonyl (C=O) groups is 1. The summed E-state index contributed by atoms with van der Waals surface area (Å²) in [5, 5.41) is 0. The molecule has 0 bridgehead atoms. The number of benzene rings is 1. The van der Waals surface area contributed by atoms with Gasteiger partial charge in [0.05, 0.1) is 18.2 Å². The summed E-state index contributed by atoms with van der Waals surface area (Å²) in [5.41, 5.74) is 1.76. The lowest BCUT2D eigenvalue weighted by atomic mass is 10.2. The first-order chi connectivity index (χ1) is 8.20. The molecule has 0 unspecified atom stereocenters. The minimum atomic E-state index is -0.402. The molecule has 0 spiro atoms. The van der Waals surface area contributed by atoms with Crippen LogP contribution in [0.3, 0.4) is 0 Å². The smallest absolute Gasteiger partial charge is 0.150 e. The summed E-state index contributed by atoms with van der Waals surface area (Å²) in [6.45, 7) is 0.549. The summed E-state index contributed by atoms with van der Waals surface area (Å²) in [6.07, 6.45) is 3.83. The lowest BCUT2D eigenvalue weighted by Crippen LogP contribution is -2.17. The van der Waals surface area contributed by atoms with E-state index < -0.39 is 5.82 Å². The molecule has 2 aromatic rings. The first kappa shape index (κ1) is 11.4. The summed E-state index contributed by atoms with van der Waals surface area (Å²) >= 11 is 0. The van der Waals surface area contributed by atoms with Crippen molar-refractivity contribution < 1.29 is 13.6 Å². The van der Waals surface area contributed by atoms with Crippen molar-refractivity contribution in [3.05, 3.63) is 53.7 Å². The van der Waals surface area contributed by atoms with Gasteiger partial charge in [-0.05, 0) is 24.3 Å². The lowest BCUT2D eigenvalue weighted by Gasteiger charge is -2.19. The van der Waals surface area contributed by atoms with Crippen molar-refractivity contribution in [2.24, 2.45) is 0 Å². The van der Waals surface area contributed by atoms with Crippen molar-refractivity contribution in [2.45, 2.75) is 6.54 Å². The molecule has 1 heterocycles. The Balaban J connectivity index is 2.19. The normalized spacial score (nSPS) is 10.2. The van der Waals surface area contributed by atoms with E-state index in [9.17, 15) is 9.18 Å². The molecule has 0 fully saturated rings. The van der Waals surface area contributed by atoms with Gasteiger partial charge in [-0.15, -0.1) is 0 Å². The number of rotatable bonds is 4. The molecule has 1 aromatic heterocycles. The van der Waals surface area contributed by atoms with Crippen molar-refractivity contribution in [1.29, 1.82) is 0 Å². The highest BCUT2D eigenvalue weighted by Gasteiger charge is 2.09. The van der Waals surface area contributed by atoms with E-state index in [-0.39, 0.29) is 0 Å². The van der Waals surface area contributed by atoms with Gasteiger partial charge in [-0.25, -0.2) is 4.39 Å². The molecule has 0 N–H and O–H groups in total. The number of furan rings is 1. The van der Waals surface area contributed by atoms with Crippen LogP contribution in [-0.2, 0) is 6.54 Å². The molecule has 1 aromatic carbocycles. The Bertz CT molecular complexity index is 508. The topological polar surface area (TPSA) is 33.5 Å². The van der Waals surface area contributed by atoms with Gasteiger partial charge < -0.3 is 9.32 Å². The van der Waals surface area contributed by atoms with Gasteiger partial charge in [0, 0.05) is 24.7 Å². The standard InChI is InChI=1S/C13H12FNO2/c1-15(7-11-4-5-17-9-11)13-3-2-10(8-16)6-12(13)14/h2-6,8-9H,7H2,1H3. The molecule has 17 heavy (non-hydrogen) atoms. The van der Waals surface area contributed by atoms with Crippen LogP contribution in [-0.4, -0.2) is 13.3 Å². The number of nitrogens with zero attached hydrogens (tertiary/aromatic N) is 1. The molecule has 3 nitrogen and oxygen atoms in total. The molecule has 0 amide bonds. The Morgan fingerprint density at radius 2 is 2.24 bits per heavy atom. The quantitative estimate of drug-likeness (QED) is 0.761. The molecular weight excluding hydrogens is 221 g/mol. The zero-order valence-electron chi connectivity index (χ0n) is 9.39. The van der Waals surface area contributed by atoms with Crippen LogP contribution in [0.5, 0.6) is 0 Å². The first-order valence-corrected chi connectivity index (χ1v) is 5.17. The van der Waals surface area contributed by atoms with Gasteiger partial charge in [0.25, 0.3) is 0 Å².